The summed E-state index contributed by atoms with van der Waals surface area (Å²) in [5.74, 6) is 1.60. The topological polar surface area (TPSA) is 41.9 Å². The zero-order chi connectivity index (χ0) is 21.4. The minimum atomic E-state index is -0.766. The third-order valence-corrected chi connectivity index (χ3v) is 6.23. The second-order valence-corrected chi connectivity index (χ2v) is 8.24. The molecule has 0 saturated heterocycles. The standard InChI is InChI=1S/C26H29NO3/c1-19-10-8-6-5-7-9-11-24-21(19)14-15-26(30-24)25(2,3)22-18-20(29-4)12-13-23(22)27(26)16-17-28/h5-6,8-15,18,28H,1,7,16-17H2,2-4H3/b6-5-,10-8-,11-9-. The first-order chi connectivity index (χ1) is 14.4. The van der Waals surface area contributed by atoms with E-state index in [0.717, 1.165) is 40.3 Å². The Labute approximate surface area is 178 Å². The van der Waals surface area contributed by atoms with E-state index in [1.54, 1.807) is 7.11 Å². The number of allylic oxidation sites excluding steroid dienone is 9. The summed E-state index contributed by atoms with van der Waals surface area (Å²) in [6.45, 7) is 9.08. The molecule has 1 spiro atoms. The summed E-state index contributed by atoms with van der Waals surface area (Å²) in [4.78, 5) is 2.16. The summed E-state index contributed by atoms with van der Waals surface area (Å²) in [6, 6.07) is 6.08. The molecule has 1 aromatic carbocycles. The minimum Gasteiger partial charge on any atom is -0.497 e. The highest BCUT2D eigenvalue weighted by Crippen LogP contribution is 2.56. The lowest BCUT2D eigenvalue weighted by Crippen LogP contribution is -2.57. The SMILES string of the molecule is C=C1/C=C\C=C/C/C=C\C2=C1C=CC1(O2)N(CCO)c2ccc(OC)cc2C1(C)C. The van der Waals surface area contributed by atoms with Gasteiger partial charge in [-0.1, -0.05) is 37.0 Å². The Balaban J connectivity index is 1.85. The zero-order valence-corrected chi connectivity index (χ0v) is 17.9. The summed E-state index contributed by atoms with van der Waals surface area (Å²) >= 11 is 0. The summed E-state index contributed by atoms with van der Waals surface area (Å²) in [6.07, 6.45) is 17.3. The van der Waals surface area contributed by atoms with Gasteiger partial charge >= 0.3 is 0 Å². The maximum Gasteiger partial charge on any atom is 0.212 e. The first-order valence-electron chi connectivity index (χ1n) is 10.3. The van der Waals surface area contributed by atoms with Crippen molar-refractivity contribution in [3.8, 4) is 5.75 Å². The molecule has 1 aliphatic carbocycles. The first kappa shape index (κ1) is 20.3. The summed E-state index contributed by atoms with van der Waals surface area (Å²) < 4.78 is 12.3. The van der Waals surface area contributed by atoms with E-state index in [-0.39, 0.29) is 12.0 Å². The fourth-order valence-electron chi connectivity index (χ4n) is 4.55. The number of benzene rings is 1. The number of anilines is 1. The number of hydrogen-bond acceptors (Lipinski definition) is 4. The normalized spacial score (nSPS) is 27.3. The number of nitrogens with zero attached hydrogens (tertiary/aromatic N) is 1. The van der Waals surface area contributed by atoms with Crippen LogP contribution < -0.4 is 9.64 Å². The molecule has 1 N–H and O–H groups in total. The number of ether oxygens (including phenoxy) is 2. The lowest BCUT2D eigenvalue weighted by atomic mass is 9.76. The average molecular weight is 404 g/mol. The first-order valence-corrected chi connectivity index (χ1v) is 10.3. The van der Waals surface area contributed by atoms with Crippen molar-refractivity contribution in [2.24, 2.45) is 0 Å². The van der Waals surface area contributed by atoms with Crippen LogP contribution in [0.2, 0.25) is 0 Å². The summed E-state index contributed by atoms with van der Waals surface area (Å²) in [7, 11) is 1.68. The molecule has 156 valence electrons. The Bertz CT molecular complexity index is 1010. The van der Waals surface area contributed by atoms with Crippen molar-refractivity contribution >= 4 is 5.69 Å². The van der Waals surface area contributed by atoms with Gasteiger partial charge in [-0.15, -0.1) is 0 Å². The van der Waals surface area contributed by atoms with Gasteiger partial charge in [0.15, 0.2) is 0 Å². The van der Waals surface area contributed by atoms with Gasteiger partial charge in [-0.25, -0.2) is 0 Å². The monoisotopic (exact) mass is 403 g/mol. The highest BCUT2D eigenvalue weighted by Gasteiger charge is 2.58. The Morgan fingerprint density at radius 2 is 2.00 bits per heavy atom. The number of aliphatic hydroxyl groups is 1. The second-order valence-electron chi connectivity index (χ2n) is 8.24. The largest absolute Gasteiger partial charge is 0.497 e. The molecule has 4 rings (SSSR count). The average Bonchev–Trinajstić information content (AvgIpc) is 2.91. The molecule has 0 fully saturated rings. The molecule has 0 radical (unpaired) electrons. The lowest BCUT2D eigenvalue weighted by Gasteiger charge is -2.47. The molecule has 0 aromatic heterocycles. The molecule has 1 unspecified atom stereocenters. The van der Waals surface area contributed by atoms with Crippen LogP contribution in [0.3, 0.4) is 0 Å². The number of aliphatic hydroxyl groups excluding tert-OH is 1. The number of β-amino-alcohol motifs (C(OH)–C–C–N with tert-alkyl or cyclic N) is 1. The number of methoxy groups -OCH3 is 1. The van der Waals surface area contributed by atoms with Gasteiger partial charge < -0.3 is 19.5 Å². The van der Waals surface area contributed by atoms with E-state index in [0.29, 0.717) is 6.54 Å². The van der Waals surface area contributed by atoms with Gasteiger partial charge in [0.2, 0.25) is 5.72 Å². The van der Waals surface area contributed by atoms with Crippen molar-refractivity contribution in [2.75, 3.05) is 25.2 Å². The number of rotatable bonds is 3. The fraction of sp³-hybridized carbons (Fsp3) is 0.308. The van der Waals surface area contributed by atoms with E-state index in [1.807, 2.05) is 30.4 Å². The Kier molecular flexibility index (Phi) is 5.20. The van der Waals surface area contributed by atoms with Gasteiger partial charge in [-0.2, -0.15) is 0 Å². The van der Waals surface area contributed by atoms with Crippen LogP contribution in [0.15, 0.2) is 90.3 Å². The molecular weight excluding hydrogens is 374 g/mol. The van der Waals surface area contributed by atoms with Crippen molar-refractivity contribution in [3.63, 3.8) is 0 Å². The van der Waals surface area contributed by atoms with Gasteiger partial charge in [0.1, 0.15) is 11.5 Å². The van der Waals surface area contributed by atoms with Crippen molar-refractivity contribution < 1.29 is 14.6 Å². The molecule has 4 heteroatoms. The molecule has 4 nitrogen and oxygen atoms in total. The van der Waals surface area contributed by atoms with E-state index in [9.17, 15) is 5.11 Å². The molecule has 3 aliphatic rings. The molecule has 30 heavy (non-hydrogen) atoms. The molecular formula is C26H29NO3. The molecule has 0 amide bonds. The van der Waals surface area contributed by atoms with Crippen LogP contribution in [0.1, 0.15) is 25.8 Å². The minimum absolute atomic E-state index is 0.0302. The Morgan fingerprint density at radius 3 is 2.77 bits per heavy atom. The van der Waals surface area contributed by atoms with Gasteiger partial charge in [-0.3, -0.25) is 0 Å². The molecule has 2 aliphatic heterocycles. The molecule has 0 saturated carbocycles. The fourth-order valence-corrected chi connectivity index (χ4v) is 4.55. The van der Waals surface area contributed by atoms with Gasteiger partial charge in [0.25, 0.3) is 0 Å². The Hall–Kier alpha value is -2.98. The van der Waals surface area contributed by atoms with Crippen LogP contribution in [-0.2, 0) is 10.2 Å². The van der Waals surface area contributed by atoms with Crippen LogP contribution in [0.5, 0.6) is 5.75 Å². The van der Waals surface area contributed by atoms with E-state index in [1.165, 1.54) is 0 Å². The lowest BCUT2D eigenvalue weighted by molar-refractivity contribution is -0.00597. The van der Waals surface area contributed by atoms with Crippen LogP contribution in [0.25, 0.3) is 0 Å². The third kappa shape index (κ3) is 3.03. The quantitative estimate of drug-likeness (QED) is 0.775. The zero-order valence-electron chi connectivity index (χ0n) is 17.9. The van der Waals surface area contributed by atoms with Gasteiger partial charge in [0, 0.05) is 17.8 Å². The molecule has 1 atom stereocenters. The second kappa shape index (κ2) is 7.69. The van der Waals surface area contributed by atoms with E-state index in [4.69, 9.17) is 9.47 Å². The van der Waals surface area contributed by atoms with Crippen LogP contribution in [0, 0.1) is 0 Å². The van der Waals surface area contributed by atoms with E-state index >= 15 is 0 Å². The van der Waals surface area contributed by atoms with Crippen molar-refractivity contribution in [2.45, 2.75) is 31.4 Å². The maximum absolute atomic E-state index is 9.86. The number of hydrogen-bond donors (Lipinski definition) is 1. The summed E-state index contributed by atoms with van der Waals surface area (Å²) in [5.41, 5.74) is 2.90. The van der Waals surface area contributed by atoms with Crippen LogP contribution >= 0.6 is 0 Å². The smallest absolute Gasteiger partial charge is 0.212 e. The Morgan fingerprint density at radius 1 is 1.17 bits per heavy atom. The van der Waals surface area contributed by atoms with E-state index < -0.39 is 5.72 Å². The predicted molar refractivity (Wildman–Crippen MR) is 122 cm³/mol. The molecule has 0 bridgehead atoms. The predicted octanol–water partition coefficient (Wildman–Crippen LogP) is 4.95. The van der Waals surface area contributed by atoms with Crippen LogP contribution in [-0.4, -0.2) is 31.1 Å². The highest BCUT2D eigenvalue weighted by atomic mass is 16.5. The third-order valence-electron chi connectivity index (χ3n) is 6.23. The van der Waals surface area contributed by atoms with Crippen molar-refractivity contribution in [1.82, 2.24) is 0 Å². The van der Waals surface area contributed by atoms with Gasteiger partial charge in [-0.05, 0) is 67.8 Å². The van der Waals surface area contributed by atoms with Crippen molar-refractivity contribution in [1.29, 1.82) is 0 Å². The van der Waals surface area contributed by atoms with Crippen molar-refractivity contribution in [3.05, 3.63) is 95.9 Å². The number of fused-ring (bicyclic) bond motifs is 1. The van der Waals surface area contributed by atoms with E-state index in [2.05, 4.69) is 61.8 Å². The highest BCUT2D eigenvalue weighted by molar-refractivity contribution is 5.70. The van der Waals surface area contributed by atoms with Gasteiger partial charge in [0.05, 0.1) is 19.1 Å². The summed E-state index contributed by atoms with van der Waals surface area (Å²) in [5, 5.41) is 9.86. The maximum atomic E-state index is 9.86. The molecule has 2 heterocycles. The molecule has 1 aromatic rings. The van der Waals surface area contributed by atoms with Crippen LogP contribution in [0.4, 0.5) is 5.69 Å².